The van der Waals surface area contributed by atoms with E-state index in [0.717, 1.165) is 5.82 Å². The Balaban J connectivity index is 1.92. The summed E-state index contributed by atoms with van der Waals surface area (Å²) in [7, 11) is 0. The van der Waals surface area contributed by atoms with Gasteiger partial charge in [0.15, 0.2) is 0 Å². The molecule has 1 aliphatic rings. The normalized spacial score (nSPS) is 20.1. The molecule has 6 heteroatoms. The molecule has 1 aliphatic carbocycles. The van der Waals surface area contributed by atoms with E-state index in [1.807, 2.05) is 26.8 Å². The van der Waals surface area contributed by atoms with Gasteiger partial charge in [0.25, 0.3) is 0 Å². The van der Waals surface area contributed by atoms with Crippen LogP contribution in [0.3, 0.4) is 0 Å². The van der Waals surface area contributed by atoms with Gasteiger partial charge in [-0.05, 0) is 12.5 Å². The van der Waals surface area contributed by atoms with E-state index in [2.05, 4.69) is 27.2 Å². The van der Waals surface area contributed by atoms with E-state index < -0.39 is 0 Å². The van der Waals surface area contributed by atoms with Crippen LogP contribution in [0.15, 0.2) is 37.2 Å². The summed E-state index contributed by atoms with van der Waals surface area (Å²) < 4.78 is 0. The highest BCUT2D eigenvalue weighted by Crippen LogP contribution is 2.21. The van der Waals surface area contributed by atoms with E-state index in [9.17, 15) is 9.59 Å². The number of carbonyl (C=O) groups is 2. The van der Waals surface area contributed by atoms with Gasteiger partial charge in [0.1, 0.15) is 5.82 Å². The van der Waals surface area contributed by atoms with Crippen LogP contribution in [0, 0.1) is 5.92 Å². The summed E-state index contributed by atoms with van der Waals surface area (Å²) in [6, 6.07) is -0.143. The molecule has 0 radical (unpaired) electrons. The molecule has 0 fully saturated rings. The van der Waals surface area contributed by atoms with Crippen LogP contribution < -0.4 is 10.6 Å². The first-order chi connectivity index (χ1) is 10.8. The lowest BCUT2D eigenvalue weighted by molar-refractivity contribution is -0.119. The minimum Gasteiger partial charge on any atom is -0.346 e. The third-order valence-electron chi connectivity index (χ3n) is 3.52. The van der Waals surface area contributed by atoms with E-state index in [4.69, 9.17) is 0 Å². The minimum absolute atomic E-state index is 0.132. The zero-order chi connectivity index (χ0) is 17.0. The summed E-state index contributed by atoms with van der Waals surface area (Å²) in [6.45, 7) is 9.50. The van der Waals surface area contributed by atoms with Gasteiger partial charge in [0.05, 0.1) is 24.0 Å². The van der Waals surface area contributed by atoms with Crippen molar-refractivity contribution in [3.05, 3.63) is 43.0 Å². The van der Waals surface area contributed by atoms with Gasteiger partial charge in [-0.25, -0.2) is 9.97 Å². The van der Waals surface area contributed by atoms with E-state index in [-0.39, 0.29) is 29.2 Å². The highest BCUT2D eigenvalue weighted by molar-refractivity contribution is 5.94. The first-order valence-electron chi connectivity index (χ1n) is 7.54. The summed E-state index contributed by atoms with van der Waals surface area (Å²) in [5.74, 6) is 0.0615. The van der Waals surface area contributed by atoms with E-state index in [1.54, 1.807) is 18.5 Å². The van der Waals surface area contributed by atoms with Crippen molar-refractivity contribution in [2.45, 2.75) is 38.6 Å². The fourth-order valence-corrected chi connectivity index (χ4v) is 2.26. The Labute approximate surface area is 136 Å². The number of anilines is 1. The van der Waals surface area contributed by atoms with Gasteiger partial charge < -0.3 is 10.6 Å². The maximum absolute atomic E-state index is 12.2. The quantitative estimate of drug-likeness (QED) is 0.657. The highest BCUT2D eigenvalue weighted by atomic mass is 16.2. The molecule has 1 aromatic rings. The number of rotatable bonds is 4. The number of amides is 2. The molecule has 0 spiro atoms. The van der Waals surface area contributed by atoms with Crippen molar-refractivity contribution in [2.75, 3.05) is 5.32 Å². The van der Waals surface area contributed by atoms with Crippen molar-refractivity contribution in [1.82, 2.24) is 15.3 Å². The lowest BCUT2D eigenvalue weighted by Crippen LogP contribution is -2.32. The molecule has 6 nitrogen and oxygen atoms in total. The molecule has 2 N–H and O–H groups in total. The van der Waals surface area contributed by atoms with Crippen molar-refractivity contribution in [2.24, 2.45) is 5.92 Å². The van der Waals surface area contributed by atoms with Crippen LogP contribution in [-0.4, -0.2) is 27.8 Å². The number of hydrogen-bond donors (Lipinski definition) is 2. The van der Waals surface area contributed by atoms with Crippen LogP contribution in [0.5, 0.6) is 0 Å². The van der Waals surface area contributed by atoms with E-state index in [1.165, 1.54) is 6.08 Å². The maximum Gasteiger partial charge on any atom is 0.243 e. The fourth-order valence-electron chi connectivity index (χ4n) is 2.26. The number of hydrogen-bond acceptors (Lipinski definition) is 4. The Bertz CT molecular complexity index is 629. The molecule has 2 amide bonds. The molecule has 0 aromatic carbocycles. The number of carbonyl (C=O) groups excluding carboxylic acids is 2. The molecular formula is C17H22N4O2. The molecule has 1 heterocycles. The Kier molecular flexibility index (Phi) is 4.93. The van der Waals surface area contributed by atoms with Gasteiger partial charge in [0.2, 0.25) is 11.8 Å². The van der Waals surface area contributed by atoms with Crippen LogP contribution in [0.4, 0.5) is 5.69 Å². The van der Waals surface area contributed by atoms with Crippen LogP contribution in [-0.2, 0) is 15.0 Å². The zero-order valence-electron chi connectivity index (χ0n) is 13.7. The second-order valence-electron chi connectivity index (χ2n) is 6.58. The second-order valence-corrected chi connectivity index (χ2v) is 6.58. The SMILES string of the molecule is C=CC(=O)N[C@H]1C=C[C@@H](C(=O)Nc2cnc(C(C)(C)C)nc2)C1. The van der Waals surface area contributed by atoms with Crippen molar-refractivity contribution in [3.63, 3.8) is 0 Å². The highest BCUT2D eigenvalue weighted by Gasteiger charge is 2.25. The largest absolute Gasteiger partial charge is 0.346 e. The van der Waals surface area contributed by atoms with Crippen molar-refractivity contribution in [1.29, 1.82) is 0 Å². The van der Waals surface area contributed by atoms with Crippen molar-refractivity contribution < 1.29 is 9.59 Å². The fraction of sp³-hybridized carbons (Fsp3) is 0.412. The number of aromatic nitrogens is 2. The molecule has 0 bridgehead atoms. The lowest BCUT2D eigenvalue weighted by atomic mass is 9.96. The summed E-state index contributed by atoms with van der Waals surface area (Å²) in [5.41, 5.74) is 0.433. The van der Waals surface area contributed by atoms with Gasteiger partial charge in [-0.15, -0.1) is 0 Å². The second kappa shape index (κ2) is 6.73. The van der Waals surface area contributed by atoms with Crippen LogP contribution in [0.25, 0.3) is 0 Å². The molecule has 23 heavy (non-hydrogen) atoms. The number of nitrogens with one attached hydrogen (secondary N) is 2. The molecule has 2 atom stereocenters. The van der Waals surface area contributed by atoms with Gasteiger partial charge >= 0.3 is 0 Å². The molecule has 0 unspecified atom stereocenters. The molecule has 0 saturated carbocycles. The molecular weight excluding hydrogens is 292 g/mol. The van der Waals surface area contributed by atoms with Crippen LogP contribution in [0.2, 0.25) is 0 Å². The van der Waals surface area contributed by atoms with Gasteiger partial charge in [-0.1, -0.05) is 39.5 Å². The van der Waals surface area contributed by atoms with Gasteiger partial charge in [-0.2, -0.15) is 0 Å². The van der Waals surface area contributed by atoms with Gasteiger partial charge in [-0.3, -0.25) is 9.59 Å². The predicted molar refractivity (Wildman–Crippen MR) is 88.7 cm³/mol. The smallest absolute Gasteiger partial charge is 0.243 e. The average molecular weight is 314 g/mol. The van der Waals surface area contributed by atoms with Crippen LogP contribution >= 0.6 is 0 Å². The maximum atomic E-state index is 12.2. The zero-order valence-corrected chi connectivity index (χ0v) is 13.7. The topological polar surface area (TPSA) is 84.0 Å². The summed E-state index contributed by atoms with van der Waals surface area (Å²) >= 11 is 0. The Morgan fingerprint density at radius 3 is 2.48 bits per heavy atom. The Morgan fingerprint density at radius 1 is 1.26 bits per heavy atom. The third kappa shape index (κ3) is 4.48. The first-order valence-corrected chi connectivity index (χ1v) is 7.54. The average Bonchev–Trinajstić information content (AvgIpc) is 2.95. The summed E-state index contributed by atoms with van der Waals surface area (Å²) in [4.78, 5) is 32.1. The molecule has 0 aliphatic heterocycles. The van der Waals surface area contributed by atoms with E-state index >= 15 is 0 Å². The van der Waals surface area contributed by atoms with Crippen LogP contribution in [0.1, 0.15) is 33.0 Å². The molecule has 1 aromatic heterocycles. The standard InChI is InChI=1S/C17H22N4O2/c1-5-14(22)20-12-7-6-11(8-12)15(23)21-13-9-18-16(19-10-13)17(2,3)4/h5-7,9-12H,1,8H2,2-4H3,(H,20,22)(H,21,23)/t11-,12+/m1/s1. The predicted octanol–water partition coefficient (Wildman–Crippen LogP) is 1.96. The Morgan fingerprint density at radius 2 is 1.91 bits per heavy atom. The summed E-state index contributed by atoms with van der Waals surface area (Å²) in [5, 5.41) is 5.56. The van der Waals surface area contributed by atoms with Crippen molar-refractivity contribution in [3.8, 4) is 0 Å². The van der Waals surface area contributed by atoms with E-state index in [0.29, 0.717) is 12.1 Å². The number of nitrogens with zero attached hydrogens (tertiary/aromatic N) is 2. The monoisotopic (exact) mass is 314 g/mol. The molecule has 2 rings (SSSR count). The van der Waals surface area contributed by atoms with Crippen molar-refractivity contribution >= 4 is 17.5 Å². The van der Waals surface area contributed by atoms with Gasteiger partial charge in [0, 0.05) is 11.5 Å². The molecule has 122 valence electrons. The summed E-state index contributed by atoms with van der Waals surface area (Å²) in [6.07, 6.45) is 8.60. The Hall–Kier alpha value is -2.50. The third-order valence-corrected chi connectivity index (χ3v) is 3.52. The lowest BCUT2D eigenvalue weighted by Gasteiger charge is -2.17. The first kappa shape index (κ1) is 16.9. The molecule has 0 saturated heterocycles. The minimum atomic E-state index is -0.285.